The summed E-state index contributed by atoms with van der Waals surface area (Å²) in [4.78, 5) is 12.1. The number of benzene rings is 3. The maximum atomic E-state index is 12.7. The molecule has 0 aromatic heterocycles. The van der Waals surface area contributed by atoms with E-state index in [4.69, 9.17) is 9.29 Å². The number of ether oxygens (including phenoxy) is 1. The van der Waals surface area contributed by atoms with Gasteiger partial charge in [-0.3, -0.25) is 27.3 Å². The number of hydrogen-bond donors (Lipinski definition) is 8. The lowest BCUT2D eigenvalue weighted by Crippen LogP contribution is -2.32. The van der Waals surface area contributed by atoms with Crippen LogP contribution in [-0.4, -0.2) is 147 Å². The second-order valence-electron chi connectivity index (χ2n) is 17.7. The van der Waals surface area contributed by atoms with Gasteiger partial charge in [0.1, 0.15) is 11.4 Å². The lowest BCUT2D eigenvalue weighted by atomic mass is 9.74. The summed E-state index contributed by atoms with van der Waals surface area (Å²) < 4.78 is 209. The molecule has 2 unspecified atom stereocenters. The summed E-state index contributed by atoms with van der Waals surface area (Å²) in [5, 5.41) is 21.0. The molecule has 3 aromatic rings. The Kier molecular flexibility index (Phi) is 17.3. The van der Waals surface area contributed by atoms with Crippen LogP contribution in [0.4, 0.5) is 11.4 Å². The minimum absolute atomic E-state index is 0.0478. The van der Waals surface area contributed by atoms with Crippen molar-refractivity contribution in [3.8, 4) is 0 Å². The van der Waals surface area contributed by atoms with Crippen LogP contribution in [-0.2, 0) is 76.3 Å². The van der Waals surface area contributed by atoms with Crippen LogP contribution in [0.5, 0.6) is 0 Å². The molecule has 0 bridgehead atoms. The smallest absolute Gasteiger partial charge is 0.335 e. The number of carbonyl (C=O) groups is 1. The largest absolute Gasteiger partial charge is 0.478 e. The summed E-state index contributed by atoms with van der Waals surface area (Å²) in [5.41, 5.74) is -1.52. The minimum atomic E-state index is -5.20. The number of allylic oxidation sites excluding steroid dienone is 6. The molecule has 24 nitrogen and oxygen atoms in total. The molecule has 0 aliphatic carbocycles. The highest BCUT2D eigenvalue weighted by atomic mass is 32.2. The molecular weight excluding hydrogens is 1080 g/mol. The number of hydrogen-bond acceptors (Lipinski definition) is 16. The van der Waals surface area contributed by atoms with Crippen molar-refractivity contribution in [2.75, 3.05) is 47.6 Å². The van der Waals surface area contributed by atoms with Gasteiger partial charge in [0, 0.05) is 58.4 Å². The maximum Gasteiger partial charge on any atom is 0.335 e. The number of carboxylic acids is 1. The van der Waals surface area contributed by atoms with Crippen molar-refractivity contribution in [3.63, 3.8) is 0 Å². The van der Waals surface area contributed by atoms with Crippen molar-refractivity contribution in [1.82, 2.24) is 0 Å². The third-order valence-corrected chi connectivity index (χ3v) is 17.0. The highest BCUT2D eigenvalue weighted by molar-refractivity contribution is 7.87. The number of carboxylic acid groups (broad SMARTS) is 1. The molecule has 8 N–H and O–H groups in total. The monoisotopic (exact) mass is 1130 g/mol. The second kappa shape index (κ2) is 21.4. The van der Waals surface area contributed by atoms with Gasteiger partial charge in [0.15, 0.2) is 12.0 Å². The standard InChI is InChI=1S/C42H52N2O22S6/c1-41(2)35(44(17-9-21-69(54,55)56)33-24-27(39(45)46)23-31(37(33)41)40(47)66-18-10-22-70(57,58)59)11-5-4-6-12-36-42(3,15-7-19-67(48,49)50)38-30-25-28(71(60,61)62)26-34(72(63,64)65)29(30)13-14-32(38)43(36)16-8-20-68(51,52)53/h4-6,11-14,23-26,40,47H,7-10,15-22H2,1-3H3,(H6-,45,46,48,49,50,51,52,53,54,55,56,57,58,59,60,61,62,63,64,65)/p+1. The van der Waals surface area contributed by atoms with Gasteiger partial charge in [-0.05, 0) is 80.0 Å². The number of aromatic carboxylic acids is 1. The average molecular weight is 1130 g/mol. The van der Waals surface area contributed by atoms with E-state index >= 15 is 0 Å². The molecule has 2 aliphatic rings. The van der Waals surface area contributed by atoms with Crippen LogP contribution in [0.25, 0.3) is 10.8 Å². The van der Waals surface area contributed by atoms with E-state index in [0.717, 1.165) is 12.1 Å². The van der Waals surface area contributed by atoms with Crippen LogP contribution in [0.3, 0.4) is 0 Å². The highest BCUT2D eigenvalue weighted by Gasteiger charge is 2.49. The highest BCUT2D eigenvalue weighted by Crippen LogP contribution is 2.52. The minimum Gasteiger partial charge on any atom is -0.478 e. The molecule has 0 saturated heterocycles. The van der Waals surface area contributed by atoms with E-state index in [1.807, 2.05) is 0 Å². The van der Waals surface area contributed by atoms with Crippen molar-refractivity contribution in [2.45, 2.75) is 79.8 Å². The third-order valence-electron chi connectivity index (χ3n) is 12.0. The molecule has 2 heterocycles. The number of anilines is 1. The molecule has 0 spiro atoms. The zero-order chi connectivity index (χ0) is 54.2. The maximum absolute atomic E-state index is 12.7. The van der Waals surface area contributed by atoms with E-state index < -0.39 is 123 Å². The fourth-order valence-electron chi connectivity index (χ4n) is 9.15. The summed E-state index contributed by atoms with van der Waals surface area (Å²) in [6, 6.07) is 6.52. The van der Waals surface area contributed by atoms with Crippen molar-refractivity contribution in [2.24, 2.45) is 0 Å². The van der Waals surface area contributed by atoms with Crippen molar-refractivity contribution >= 4 is 94.5 Å². The van der Waals surface area contributed by atoms with E-state index in [9.17, 15) is 88.3 Å². The van der Waals surface area contributed by atoms with Gasteiger partial charge in [-0.2, -0.15) is 55.1 Å². The van der Waals surface area contributed by atoms with Crippen molar-refractivity contribution < 1.29 is 102 Å². The Labute approximate surface area is 416 Å². The van der Waals surface area contributed by atoms with Crippen LogP contribution in [0.2, 0.25) is 0 Å². The third kappa shape index (κ3) is 14.2. The van der Waals surface area contributed by atoms with Crippen LogP contribution < -0.4 is 4.90 Å². The first-order chi connectivity index (χ1) is 32.9. The quantitative estimate of drug-likeness (QED) is 0.0208. The van der Waals surface area contributed by atoms with Crippen molar-refractivity contribution in [3.05, 3.63) is 94.7 Å². The summed E-state index contributed by atoms with van der Waals surface area (Å²) >= 11 is 0. The Balaban J connectivity index is 1.70. The predicted molar refractivity (Wildman–Crippen MR) is 261 cm³/mol. The van der Waals surface area contributed by atoms with E-state index in [0.29, 0.717) is 17.3 Å². The average Bonchev–Trinajstić information content (AvgIpc) is 3.58. The summed E-state index contributed by atoms with van der Waals surface area (Å²) in [5.74, 6) is -4.36. The number of fused-ring (bicyclic) bond motifs is 4. The Hall–Kier alpha value is -4.54. The van der Waals surface area contributed by atoms with Gasteiger partial charge in [-0.15, -0.1) is 0 Å². The normalized spacial score (nSPS) is 18.8. The zero-order valence-electron chi connectivity index (χ0n) is 38.6. The zero-order valence-corrected chi connectivity index (χ0v) is 43.4. The molecule has 0 fully saturated rings. The van der Waals surface area contributed by atoms with Gasteiger partial charge in [0.2, 0.25) is 5.69 Å². The van der Waals surface area contributed by atoms with Crippen LogP contribution in [0, 0.1) is 0 Å². The molecule has 72 heavy (non-hydrogen) atoms. The van der Waals surface area contributed by atoms with E-state index in [1.54, 1.807) is 36.3 Å². The molecular formula is C42H53N2O22S6+. The molecule has 398 valence electrons. The molecule has 30 heteroatoms. The Morgan fingerprint density at radius 3 is 1.85 bits per heavy atom. The number of rotatable bonds is 24. The number of nitrogens with zero attached hydrogens (tertiary/aromatic N) is 2. The first kappa shape index (κ1) is 58.4. The van der Waals surface area contributed by atoms with E-state index in [1.165, 1.54) is 42.5 Å². The fraction of sp³-hybridized carbons (Fsp3) is 0.429. The van der Waals surface area contributed by atoms with Gasteiger partial charge in [-0.1, -0.05) is 32.1 Å². The van der Waals surface area contributed by atoms with Gasteiger partial charge >= 0.3 is 5.97 Å². The van der Waals surface area contributed by atoms with Gasteiger partial charge in [-0.25, -0.2) is 4.79 Å². The Morgan fingerprint density at radius 2 is 1.28 bits per heavy atom. The molecule has 0 saturated carbocycles. The molecule has 0 amide bonds. The van der Waals surface area contributed by atoms with Gasteiger partial charge in [0.25, 0.3) is 60.7 Å². The number of aliphatic hydroxyl groups is 1. The predicted octanol–water partition coefficient (Wildman–Crippen LogP) is 3.69. The number of aliphatic hydroxyl groups excluding tert-OH is 1. The molecule has 0 radical (unpaired) electrons. The van der Waals surface area contributed by atoms with E-state index in [-0.39, 0.29) is 89.7 Å². The summed E-state index contributed by atoms with van der Waals surface area (Å²) in [6.07, 6.45) is 4.55. The Morgan fingerprint density at radius 1 is 0.694 bits per heavy atom. The summed E-state index contributed by atoms with van der Waals surface area (Å²) in [7, 11) is -28.3. The van der Waals surface area contributed by atoms with Gasteiger partial charge in [0.05, 0.1) is 45.5 Å². The molecule has 2 aliphatic heterocycles. The van der Waals surface area contributed by atoms with E-state index in [2.05, 4.69) is 0 Å². The summed E-state index contributed by atoms with van der Waals surface area (Å²) in [6.45, 7) is 4.23. The lowest BCUT2D eigenvalue weighted by Gasteiger charge is -2.27. The van der Waals surface area contributed by atoms with Crippen LogP contribution in [0.1, 0.15) is 86.2 Å². The van der Waals surface area contributed by atoms with Crippen molar-refractivity contribution in [1.29, 1.82) is 0 Å². The SMILES string of the molecule is CC1(CCCS(=O)(=O)O)C(/C=C/C=C/C=C2/N(CCCS(=O)(=O)O)c3cc(C(=O)O)cc(C(O)OCCCS(=O)(=O)O)c3C2(C)C)=[N+](CCCS(=O)(=O)O)c2ccc3c(S(=O)(=O)O)cc(S(=O)(=O)O)cc3c21. The van der Waals surface area contributed by atoms with Crippen LogP contribution in [0.15, 0.2) is 82.3 Å². The fourth-order valence-corrected chi connectivity index (χ4v) is 12.5. The van der Waals surface area contributed by atoms with Gasteiger partial charge < -0.3 is 19.8 Å². The second-order valence-corrected chi connectivity index (χ2v) is 26.8. The topological polar surface area (TPSA) is 399 Å². The van der Waals surface area contributed by atoms with Crippen LogP contribution >= 0.6 is 0 Å². The first-order valence-corrected chi connectivity index (χ1v) is 30.7. The Bertz CT molecular complexity index is 3490. The first-order valence-electron chi connectivity index (χ1n) is 21.4. The molecule has 5 rings (SSSR count). The molecule has 2 atom stereocenters. The lowest BCUT2D eigenvalue weighted by molar-refractivity contribution is -0.437. The molecule has 3 aromatic carbocycles.